The third kappa shape index (κ3) is 4.48. The van der Waals surface area contributed by atoms with Gasteiger partial charge in [-0.05, 0) is 25.1 Å². The minimum absolute atomic E-state index is 0.785. The van der Waals surface area contributed by atoms with Gasteiger partial charge in [0.1, 0.15) is 0 Å². The van der Waals surface area contributed by atoms with Gasteiger partial charge in [-0.25, -0.2) is 0 Å². The summed E-state index contributed by atoms with van der Waals surface area (Å²) in [7, 11) is 3.83. The zero-order chi connectivity index (χ0) is 13.4. The maximum atomic E-state index is 6.28. The van der Waals surface area contributed by atoms with E-state index in [1.165, 1.54) is 11.3 Å². The lowest BCUT2D eigenvalue weighted by Gasteiger charge is -2.23. The Morgan fingerprint density at radius 1 is 1.39 bits per heavy atom. The number of methoxy groups -OCH3 is 1. The second-order valence-electron chi connectivity index (χ2n) is 4.29. The van der Waals surface area contributed by atoms with Crippen LogP contribution in [0.25, 0.3) is 0 Å². The average molecular weight is 271 g/mol. The number of benzene rings is 1. The summed E-state index contributed by atoms with van der Waals surface area (Å²) in [5.41, 5.74) is 2.36. The Hall–Kier alpha value is -0.770. The Labute approximate surface area is 115 Å². The van der Waals surface area contributed by atoms with Crippen LogP contribution >= 0.6 is 11.6 Å². The molecule has 0 aliphatic rings. The lowest BCUT2D eigenvalue weighted by Crippen LogP contribution is -2.23. The van der Waals surface area contributed by atoms with Gasteiger partial charge in [0.15, 0.2) is 0 Å². The van der Waals surface area contributed by atoms with E-state index in [4.69, 9.17) is 16.3 Å². The van der Waals surface area contributed by atoms with Crippen LogP contribution in [0.15, 0.2) is 18.2 Å². The molecule has 0 radical (unpaired) electrons. The molecule has 0 aliphatic heterocycles. The number of hydrogen-bond donors (Lipinski definition) is 1. The largest absolute Gasteiger partial charge is 0.385 e. The molecule has 0 spiro atoms. The lowest BCUT2D eigenvalue weighted by molar-refractivity contribution is 0.196. The van der Waals surface area contributed by atoms with E-state index >= 15 is 0 Å². The molecular formula is C14H23ClN2O. The Morgan fingerprint density at radius 2 is 2.17 bits per heavy atom. The maximum Gasteiger partial charge on any atom is 0.0479 e. The number of rotatable bonds is 8. The minimum atomic E-state index is 0.785. The van der Waals surface area contributed by atoms with Crippen molar-refractivity contribution in [2.24, 2.45) is 0 Å². The SMILES string of the molecule is CCNCc1c(Cl)cccc1N(C)CCCOC. The Balaban J connectivity index is 2.75. The van der Waals surface area contributed by atoms with Gasteiger partial charge < -0.3 is 15.0 Å². The summed E-state index contributed by atoms with van der Waals surface area (Å²) in [6.07, 6.45) is 1.01. The lowest BCUT2D eigenvalue weighted by atomic mass is 10.1. The van der Waals surface area contributed by atoms with Crippen molar-refractivity contribution < 1.29 is 4.74 Å². The summed E-state index contributed by atoms with van der Waals surface area (Å²) in [6.45, 7) is 5.59. The van der Waals surface area contributed by atoms with Gasteiger partial charge >= 0.3 is 0 Å². The van der Waals surface area contributed by atoms with Gasteiger partial charge in [-0.15, -0.1) is 0 Å². The summed E-state index contributed by atoms with van der Waals surface area (Å²) >= 11 is 6.28. The molecule has 1 N–H and O–H groups in total. The third-order valence-electron chi connectivity index (χ3n) is 2.90. The van der Waals surface area contributed by atoms with E-state index < -0.39 is 0 Å². The number of ether oxygens (including phenoxy) is 1. The van der Waals surface area contributed by atoms with E-state index in [9.17, 15) is 0 Å². The van der Waals surface area contributed by atoms with E-state index in [1.807, 2.05) is 12.1 Å². The second-order valence-corrected chi connectivity index (χ2v) is 4.69. The van der Waals surface area contributed by atoms with E-state index in [1.54, 1.807) is 7.11 Å². The molecule has 0 saturated heterocycles. The van der Waals surface area contributed by atoms with Crippen LogP contribution in [0.5, 0.6) is 0 Å². The molecular weight excluding hydrogens is 248 g/mol. The van der Waals surface area contributed by atoms with Crippen molar-refractivity contribution in [2.75, 3.05) is 38.8 Å². The fourth-order valence-corrected chi connectivity index (χ4v) is 2.13. The van der Waals surface area contributed by atoms with Gasteiger partial charge in [-0.1, -0.05) is 24.6 Å². The van der Waals surface area contributed by atoms with Crippen molar-refractivity contribution >= 4 is 17.3 Å². The number of halogens is 1. The van der Waals surface area contributed by atoms with Crippen LogP contribution in [0.2, 0.25) is 5.02 Å². The first kappa shape index (κ1) is 15.3. The summed E-state index contributed by atoms with van der Waals surface area (Å²) in [5.74, 6) is 0. The Morgan fingerprint density at radius 3 is 2.83 bits per heavy atom. The smallest absolute Gasteiger partial charge is 0.0479 e. The quantitative estimate of drug-likeness (QED) is 0.735. The van der Waals surface area contributed by atoms with Gasteiger partial charge in [-0.2, -0.15) is 0 Å². The summed E-state index contributed by atoms with van der Waals surface area (Å²) in [6, 6.07) is 6.06. The van der Waals surface area contributed by atoms with Crippen molar-refractivity contribution in [3.05, 3.63) is 28.8 Å². The summed E-state index contributed by atoms with van der Waals surface area (Å²) in [4.78, 5) is 2.23. The molecule has 3 nitrogen and oxygen atoms in total. The van der Waals surface area contributed by atoms with E-state index in [2.05, 4.69) is 30.3 Å². The topological polar surface area (TPSA) is 24.5 Å². The molecule has 0 atom stereocenters. The van der Waals surface area contributed by atoms with Crippen LogP contribution in [0.3, 0.4) is 0 Å². The first-order valence-corrected chi connectivity index (χ1v) is 6.76. The molecule has 0 amide bonds. The molecule has 0 aromatic heterocycles. The van der Waals surface area contributed by atoms with Crippen molar-refractivity contribution in [1.82, 2.24) is 5.32 Å². The molecule has 0 fully saturated rings. The molecule has 1 rings (SSSR count). The van der Waals surface area contributed by atoms with Gasteiger partial charge in [0, 0.05) is 50.1 Å². The second kappa shape index (κ2) is 8.35. The third-order valence-corrected chi connectivity index (χ3v) is 3.25. The first-order valence-electron chi connectivity index (χ1n) is 6.38. The molecule has 102 valence electrons. The highest BCUT2D eigenvalue weighted by Crippen LogP contribution is 2.26. The number of hydrogen-bond acceptors (Lipinski definition) is 3. The molecule has 0 unspecified atom stereocenters. The summed E-state index contributed by atoms with van der Waals surface area (Å²) < 4.78 is 5.08. The fraction of sp³-hybridized carbons (Fsp3) is 0.571. The summed E-state index contributed by atoms with van der Waals surface area (Å²) in [5, 5.41) is 4.16. The van der Waals surface area contributed by atoms with E-state index in [0.717, 1.165) is 37.7 Å². The van der Waals surface area contributed by atoms with Crippen LogP contribution in [0, 0.1) is 0 Å². The minimum Gasteiger partial charge on any atom is -0.385 e. The van der Waals surface area contributed by atoms with Crippen LogP contribution in [0.1, 0.15) is 18.9 Å². The molecule has 1 aromatic rings. The van der Waals surface area contributed by atoms with Crippen LogP contribution in [-0.4, -0.2) is 33.9 Å². The van der Waals surface area contributed by atoms with Crippen LogP contribution in [0.4, 0.5) is 5.69 Å². The highest BCUT2D eigenvalue weighted by Gasteiger charge is 2.10. The molecule has 0 aliphatic carbocycles. The van der Waals surface area contributed by atoms with E-state index in [-0.39, 0.29) is 0 Å². The molecule has 18 heavy (non-hydrogen) atoms. The molecule has 1 aromatic carbocycles. The predicted octanol–water partition coefficient (Wildman–Crippen LogP) is 2.92. The monoisotopic (exact) mass is 270 g/mol. The van der Waals surface area contributed by atoms with Gasteiger partial charge in [0.2, 0.25) is 0 Å². The highest BCUT2D eigenvalue weighted by atomic mass is 35.5. The number of nitrogens with zero attached hydrogens (tertiary/aromatic N) is 1. The highest BCUT2D eigenvalue weighted by molar-refractivity contribution is 6.31. The molecule has 4 heteroatoms. The van der Waals surface area contributed by atoms with Gasteiger partial charge in [0.25, 0.3) is 0 Å². The normalized spacial score (nSPS) is 10.7. The van der Waals surface area contributed by atoms with Crippen LogP contribution < -0.4 is 10.2 Å². The number of nitrogens with one attached hydrogen (secondary N) is 1. The number of anilines is 1. The van der Waals surface area contributed by atoms with Crippen molar-refractivity contribution in [3.8, 4) is 0 Å². The molecule has 0 saturated carbocycles. The molecule has 0 heterocycles. The molecule has 0 bridgehead atoms. The zero-order valence-electron chi connectivity index (χ0n) is 11.5. The van der Waals surface area contributed by atoms with Gasteiger partial charge in [0.05, 0.1) is 0 Å². The van der Waals surface area contributed by atoms with Crippen molar-refractivity contribution in [1.29, 1.82) is 0 Å². The van der Waals surface area contributed by atoms with Crippen molar-refractivity contribution in [3.63, 3.8) is 0 Å². The predicted molar refractivity (Wildman–Crippen MR) is 78.6 cm³/mol. The maximum absolute atomic E-state index is 6.28. The zero-order valence-corrected chi connectivity index (χ0v) is 12.3. The van der Waals surface area contributed by atoms with Crippen LogP contribution in [-0.2, 0) is 11.3 Å². The average Bonchev–Trinajstić information content (AvgIpc) is 2.37. The Bertz CT molecular complexity index is 358. The van der Waals surface area contributed by atoms with E-state index in [0.29, 0.717) is 0 Å². The van der Waals surface area contributed by atoms with Crippen molar-refractivity contribution in [2.45, 2.75) is 19.9 Å². The first-order chi connectivity index (χ1) is 8.70. The van der Waals surface area contributed by atoms with Gasteiger partial charge in [-0.3, -0.25) is 0 Å². The standard InChI is InChI=1S/C14H23ClN2O/c1-4-16-11-12-13(15)7-5-8-14(12)17(2)9-6-10-18-3/h5,7-8,16H,4,6,9-11H2,1-3H3. The fourth-order valence-electron chi connectivity index (χ4n) is 1.90. The Kier molecular flexibility index (Phi) is 7.09.